The van der Waals surface area contributed by atoms with Gasteiger partial charge in [0.1, 0.15) is 18.0 Å². The zero-order chi connectivity index (χ0) is 11.4. The molecular weight excluding hydrogens is 206 g/mol. The minimum atomic E-state index is 0.0806. The largest absolute Gasteiger partial charge is 0.384 e. The molecule has 0 aromatic carbocycles. The van der Waals surface area contributed by atoms with Gasteiger partial charge in [-0.1, -0.05) is 0 Å². The Morgan fingerprint density at radius 3 is 3.00 bits per heavy atom. The molecule has 1 heterocycles. The van der Waals surface area contributed by atoms with E-state index in [1.165, 1.54) is 6.33 Å². The lowest BCUT2D eigenvalue weighted by Crippen LogP contribution is -2.27. The summed E-state index contributed by atoms with van der Waals surface area (Å²) in [6, 6.07) is 2.06. The molecule has 4 N–H and O–H groups in total. The van der Waals surface area contributed by atoms with Crippen LogP contribution >= 0.6 is 0 Å². The maximum atomic E-state index is 11.3. The highest BCUT2D eigenvalue weighted by Gasteiger charge is 2.22. The van der Waals surface area contributed by atoms with E-state index in [1.54, 1.807) is 6.07 Å². The first-order valence-electron chi connectivity index (χ1n) is 5.35. The molecule has 1 saturated carbocycles. The molecule has 1 aromatic heterocycles. The van der Waals surface area contributed by atoms with Gasteiger partial charge in [-0.2, -0.15) is 0 Å². The molecule has 0 saturated heterocycles. The van der Waals surface area contributed by atoms with Crippen LogP contribution in [-0.4, -0.2) is 28.5 Å². The van der Waals surface area contributed by atoms with E-state index in [0.29, 0.717) is 30.6 Å². The van der Waals surface area contributed by atoms with E-state index in [0.717, 1.165) is 12.8 Å². The van der Waals surface area contributed by atoms with Gasteiger partial charge in [0.25, 0.3) is 0 Å². The van der Waals surface area contributed by atoms with Crippen LogP contribution in [0.1, 0.15) is 19.3 Å². The summed E-state index contributed by atoms with van der Waals surface area (Å²) in [6.45, 7) is 0.551. The average molecular weight is 221 g/mol. The lowest BCUT2D eigenvalue weighted by molar-refractivity contribution is -0.120. The number of amides is 1. The smallest absolute Gasteiger partial charge is 0.221 e. The molecule has 1 aliphatic carbocycles. The molecule has 6 nitrogen and oxygen atoms in total. The van der Waals surface area contributed by atoms with Gasteiger partial charge < -0.3 is 16.4 Å². The van der Waals surface area contributed by atoms with Crippen molar-refractivity contribution in [1.82, 2.24) is 15.3 Å². The normalized spacial score (nSPS) is 14.5. The number of hydrogen-bond donors (Lipinski definition) is 3. The lowest BCUT2D eigenvalue weighted by atomic mass is 10.4. The van der Waals surface area contributed by atoms with Crippen molar-refractivity contribution in [3.63, 3.8) is 0 Å². The molecule has 0 bridgehead atoms. The van der Waals surface area contributed by atoms with E-state index in [1.807, 2.05) is 0 Å². The maximum Gasteiger partial charge on any atom is 0.221 e. The van der Waals surface area contributed by atoms with Crippen LogP contribution in [0.15, 0.2) is 12.4 Å². The summed E-state index contributed by atoms with van der Waals surface area (Å²) in [5.74, 6) is 1.14. The average Bonchev–Trinajstić information content (AvgIpc) is 3.02. The summed E-state index contributed by atoms with van der Waals surface area (Å²) in [7, 11) is 0. The van der Waals surface area contributed by atoms with Crippen molar-refractivity contribution in [2.75, 3.05) is 17.6 Å². The van der Waals surface area contributed by atoms with Crippen LogP contribution in [0, 0.1) is 0 Å². The molecule has 1 fully saturated rings. The first-order chi connectivity index (χ1) is 7.74. The van der Waals surface area contributed by atoms with Crippen molar-refractivity contribution in [2.24, 2.45) is 0 Å². The molecule has 0 aliphatic heterocycles. The van der Waals surface area contributed by atoms with E-state index in [-0.39, 0.29) is 5.91 Å². The van der Waals surface area contributed by atoms with Crippen LogP contribution in [0.3, 0.4) is 0 Å². The van der Waals surface area contributed by atoms with Gasteiger partial charge in [0.05, 0.1) is 0 Å². The number of nitrogen functional groups attached to an aromatic ring is 1. The topological polar surface area (TPSA) is 92.9 Å². The van der Waals surface area contributed by atoms with Crippen LogP contribution in [0.25, 0.3) is 0 Å². The van der Waals surface area contributed by atoms with Gasteiger partial charge in [0.15, 0.2) is 0 Å². The van der Waals surface area contributed by atoms with E-state index in [4.69, 9.17) is 5.73 Å². The third-order valence-electron chi connectivity index (χ3n) is 2.29. The molecule has 1 aromatic rings. The Morgan fingerprint density at radius 1 is 1.50 bits per heavy atom. The Kier molecular flexibility index (Phi) is 3.19. The minimum absolute atomic E-state index is 0.0806. The standard InChI is InChI=1S/C10H15N5O/c11-8-5-9(14-6-13-8)12-4-3-10(16)15-7-1-2-7/h5-7H,1-4H2,(H,15,16)(H3,11,12,13,14). The quantitative estimate of drug-likeness (QED) is 0.657. The van der Waals surface area contributed by atoms with Crippen LogP contribution in [0.2, 0.25) is 0 Å². The van der Waals surface area contributed by atoms with Crippen LogP contribution in [-0.2, 0) is 4.79 Å². The minimum Gasteiger partial charge on any atom is -0.384 e. The van der Waals surface area contributed by atoms with Gasteiger partial charge in [-0.05, 0) is 12.8 Å². The number of nitrogens with one attached hydrogen (secondary N) is 2. The molecule has 0 radical (unpaired) electrons. The lowest BCUT2D eigenvalue weighted by Gasteiger charge is -2.05. The zero-order valence-electron chi connectivity index (χ0n) is 8.94. The number of aromatic nitrogens is 2. The molecule has 1 aliphatic rings. The molecule has 0 atom stereocenters. The second kappa shape index (κ2) is 4.78. The van der Waals surface area contributed by atoms with Crippen molar-refractivity contribution in [2.45, 2.75) is 25.3 Å². The first-order valence-corrected chi connectivity index (χ1v) is 5.35. The Hall–Kier alpha value is -1.85. The predicted octanol–water partition coefficient (Wildman–Crippen LogP) is 0.139. The Labute approximate surface area is 93.7 Å². The number of hydrogen-bond acceptors (Lipinski definition) is 5. The predicted molar refractivity (Wildman–Crippen MR) is 60.7 cm³/mol. The van der Waals surface area contributed by atoms with Gasteiger partial charge >= 0.3 is 0 Å². The molecule has 6 heteroatoms. The highest BCUT2D eigenvalue weighted by molar-refractivity contribution is 5.77. The zero-order valence-corrected chi connectivity index (χ0v) is 8.94. The summed E-state index contributed by atoms with van der Waals surface area (Å²) in [5, 5.41) is 5.93. The van der Waals surface area contributed by atoms with Gasteiger partial charge in [-0.25, -0.2) is 9.97 Å². The van der Waals surface area contributed by atoms with Crippen LogP contribution < -0.4 is 16.4 Å². The third kappa shape index (κ3) is 3.38. The fourth-order valence-electron chi connectivity index (χ4n) is 1.30. The van der Waals surface area contributed by atoms with E-state index in [9.17, 15) is 4.79 Å². The number of anilines is 2. The van der Waals surface area contributed by atoms with Crippen molar-refractivity contribution in [3.05, 3.63) is 12.4 Å². The van der Waals surface area contributed by atoms with Crippen LogP contribution in [0.4, 0.5) is 11.6 Å². The van der Waals surface area contributed by atoms with E-state index in [2.05, 4.69) is 20.6 Å². The molecule has 86 valence electrons. The van der Waals surface area contributed by atoms with Crippen molar-refractivity contribution >= 4 is 17.5 Å². The SMILES string of the molecule is Nc1cc(NCCC(=O)NC2CC2)ncn1. The van der Waals surface area contributed by atoms with E-state index >= 15 is 0 Å². The number of carbonyl (C=O) groups excluding carboxylic acids is 1. The van der Waals surface area contributed by atoms with Crippen molar-refractivity contribution < 1.29 is 4.79 Å². The highest BCUT2D eigenvalue weighted by Crippen LogP contribution is 2.18. The Balaban J connectivity index is 1.68. The highest BCUT2D eigenvalue weighted by atomic mass is 16.1. The monoisotopic (exact) mass is 221 g/mol. The summed E-state index contributed by atoms with van der Waals surface area (Å²) in [4.78, 5) is 19.1. The van der Waals surface area contributed by atoms with Crippen molar-refractivity contribution in [1.29, 1.82) is 0 Å². The van der Waals surface area contributed by atoms with E-state index < -0.39 is 0 Å². The van der Waals surface area contributed by atoms with Gasteiger partial charge in [-0.15, -0.1) is 0 Å². The number of nitrogens with zero attached hydrogens (tertiary/aromatic N) is 2. The van der Waals surface area contributed by atoms with Gasteiger partial charge in [-0.3, -0.25) is 4.79 Å². The fourth-order valence-corrected chi connectivity index (χ4v) is 1.30. The molecule has 0 spiro atoms. The first kappa shape index (κ1) is 10.7. The third-order valence-corrected chi connectivity index (χ3v) is 2.29. The fraction of sp³-hybridized carbons (Fsp3) is 0.500. The van der Waals surface area contributed by atoms with Gasteiger partial charge in [0.2, 0.25) is 5.91 Å². The summed E-state index contributed by atoms with van der Waals surface area (Å²) in [6.07, 6.45) is 4.06. The number of rotatable bonds is 5. The number of nitrogens with two attached hydrogens (primary N) is 1. The van der Waals surface area contributed by atoms with Crippen LogP contribution in [0.5, 0.6) is 0 Å². The molecule has 0 unspecified atom stereocenters. The molecule has 2 rings (SSSR count). The van der Waals surface area contributed by atoms with Gasteiger partial charge in [0, 0.05) is 25.1 Å². The summed E-state index contributed by atoms with van der Waals surface area (Å²) in [5.41, 5.74) is 5.49. The summed E-state index contributed by atoms with van der Waals surface area (Å²) < 4.78 is 0. The maximum absolute atomic E-state index is 11.3. The molecule has 16 heavy (non-hydrogen) atoms. The molecule has 1 amide bonds. The second-order valence-electron chi connectivity index (χ2n) is 3.85. The van der Waals surface area contributed by atoms with Crippen molar-refractivity contribution in [3.8, 4) is 0 Å². The second-order valence-corrected chi connectivity index (χ2v) is 3.85. The Bertz CT molecular complexity index is 377. The molecular formula is C10H15N5O. The number of carbonyl (C=O) groups is 1. The summed E-state index contributed by atoms with van der Waals surface area (Å²) >= 11 is 0. The Morgan fingerprint density at radius 2 is 2.31 bits per heavy atom.